The predicted molar refractivity (Wildman–Crippen MR) is 112 cm³/mol. The fourth-order valence-electron chi connectivity index (χ4n) is 4.13. The van der Waals surface area contributed by atoms with Crippen molar-refractivity contribution in [3.05, 3.63) is 29.8 Å². The van der Waals surface area contributed by atoms with E-state index in [0.29, 0.717) is 0 Å². The largest absolute Gasteiger partial charge is 0.494 e. The van der Waals surface area contributed by atoms with E-state index in [0.717, 1.165) is 31.9 Å². The summed E-state index contributed by atoms with van der Waals surface area (Å²) >= 11 is 0. The fraction of sp³-hybridized carbons (Fsp3) is 0.739. The molecule has 0 aliphatic carbocycles. The van der Waals surface area contributed by atoms with Crippen molar-refractivity contribution in [1.29, 1.82) is 0 Å². The summed E-state index contributed by atoms with van der Waals surface area (Å²) in [7, 11) is 0. The van der Waals surface area contributed by atoms with Gasteiger partial charge in [0, 0.05) is 13.1 Å². The van der Waals surface area contributed by atoms with Crippen LogP contribution in [-0.2, 0) is 4.74 Å². The first-order valence-electron chi connectivity index (χ1n) is 11.1. The second-order valence-corrected chi connectivity index (χ2v) is 8.09. The molecular formula is C23H38N2O2. The molecule has 4 nitrogen and oxygen atoms in total. The molecule has 0 saturated carbocycles. The highest BCUT2D eigenvalue weighted by atomic mass is 16.5. The smallest absolute Gasteiger partial charge is 0.119 e. The maximum atomic E-state index is 6.05. The normalized spacial score (nSPS) is 20.5. The molecule has 27 heavy (non-hydrogen) atoms. The Kier molecular flexibility index (Phi) is 8.92. The highest BCUT2D eigenvalue weighted by Crippen LogP contribution is 2.21. The minimum atomic E-state index is 0.142. The lowest BCUT2D eigenvalue weighted by atomic mass is 10.1. The Balaban J connectivity index is 1.30. The topological polar surface area (TPSA) is 24.9 Å². The molecule has 0 bridgehead atoms. The van der Waals surface area contributed by atoms with Crippen LogP contribution in [-0.4, -0.2) is 62.3 Å². The molecule has 1 unspecified atom stereocenters. The molecule has 1 aromatic carbocycles. The zero-order valence-corrected chi connectivity index (χ0v) is 17.2. The zero-order valence-electron chi connectivity index (χ0n) is 17.2. The van der Waals surface area contributed by atoms with E-state index in [9.17, 15) is 0 Å². The number of piperidine rings is 2. The number of rotatable bonds is 10. The maximum Gasteiger partial charge on any atom is 0.119 e. The van der Waals surface area contributed by atoms with Crippen LogP contribution in [0.5, 0.6) is 5.75 Å². The van der Waals surface area contributed by atoms with Crippen molar-refractivity contribution in [2.75, 3.05) is 52.5 Å². The van der Waals surface area contributed by atoms with E-state index in [-0.39, 0.29) is 6.10 Å². The van der Waals surface area contributed by atoms with E-state index >= 15 is 0 Å². The summed E-state index contributed by atoms with van der Waals surface area (Å²) in [6.07, 6.45) is 9.45. The standard InChI is InChI=1S/C23H38N2O2/c1-21(26-20-18-25-15-6-3-7-16-25)22-9-11-23(12-10-22)27-19-8-17-24-13-4-2-5-14-24/h9-12,21H,2-8,13-20H2,1H3. The van der Waals surface area contributed by atoms with Crippen molar-refractivity contribution >= 4 is 0 Å². The molecule has 2 aliphatic rings. The number of likely N-dealkylation sites (tertiary alicyclic amines) is 2. The Bertz CT molecular complexity index is 508. The molecule has 0 N–H and O–H groups in total. The van der Waals surface area contributed by atoms with Crippen molar-refractivity contribution in [2.45, 2.75) is 58.0 Å². The van der Waals surface area contributed by atoms with E-state index in [1.54, 1.807) is 0 Å². The Morgan fingerprint density at radius 1 is 0.778 bits per heavy atom. The maximum absolute atomic E-state index is 6.05. The van der Waals surface area contributed by atoms with Crippen LogP contribution < -0.4 is 4.74 Å². The monoisotopic (exact) mass is 374 g/mol. The van der Waals surface area contributed by atoms with Gasteiger partial charge in [-0.3, -0.25) is 0 Å². The van der Waals surface area contributed by atoms with Gasteiger partial charge in [-0.25, -0.2) is 0 Å². The van der Waals surface area contributed by atoms with Crippen LogP contribution in [0.4, 0.5) is 0 Å². The van der Waals surface area contributed by atoms with Gasteiger partial charge in [-0.05, 0) is 82.9 Å². The first-order chi connectivity index (χ1) is 13.3. The van der Waals surface area contributed by atoms with Gasteiger partial charge in [-0.1, -0.05) is 25.0 Å². The Hall–Kier alpha value is -1.10. The van der Waals surface area contributed by atoms with Crippen molar-refractivity contribution < 1.29 is 9.47 Å². The van der Waals surface area contributed by atoms with E-state index in [2.05, 4.69) is 41.0 Å². The van der Waals surface area contributed by atoms with E-state index < -0.39 is 0 Å². The predicted octanol–water partition coefficient (Wildman–Crippen LogP) is 4.50. The molecule has 3 rings (SSSR count). The van der Waals surface area contributed by atoms with Gasteiger partial charge in [0.25, 0.3) is 0 Å². The fourth-order valence-corrected chi connectivity index (χ4v) is 4.13. The number of hydrogen-bond donors (Lipinski definition) is 0. The summed E-state index contributed by atoms with van der Waals surface area (Å²) in [5.41, 5.74) is 1.23. The third kappa shape index (κ3) is 7.44. The summed E-state index contributed by atoms with van der Waals surface area (Å²) in [5, 5.41) is 0. The van der Waals surface area contributed by atoms with Gasteiger partial charge >= 0.3 is 0 Å². The lowest BCUT2D eigenvalue weighted by molar-refractivity contribution is 0.0442. The minimum absolute atomic E-state index is 0.142. The van der Waals surface area contributed by atoms with Crippen LogP contribution in [0.2, 0.25) is 0 Å². The number of benzene rings is 1. The molecule has 152 valence electrons. The van der Waals surface area contributed by atoms with Crippen molar-refractivity contribution in [1.82, 2.24) is 9.80 Å². The molecule has 1 aromatic rings. The second kappa shape index (κ2) is 11.7. The molecule has 2 saturated heterocycles. The van der Waals surface area contributed by atoms with Crippen molar-refractivity contribution in [3.63, 3.8) is 0 Å². The Morgan fingerprint density at radius 2 is 1.37 bits per heavy atom. The third-order valence-corrected chi connectivity index (χ3v) is 5.91. The summed E-state index contributed by atoms with van der Waals surface area (Å²) < 4.78 is 12.0. The molecule has 2 fully saturated rings. The lowest BCUT2D eigenvalue weighted by Gasteiger charge is -2.26. The number of nitrogens with zero attached hydrogens (tertiary/aromatic N) is 2. The lowest BCUT2D eigenvalue weighted by Crippen LogP contribution is -2.32. The highest BCUT2D eigenvalue weighted by molar-refractivity contribution is 5.28. The Morgan fingerprint density at radius 3 is 2.00 bits per heavy atom. The number of ether oxygens (including phenoxy) is 2. The molecule has 2 aliphatic heterocycles. The average Bonchev–Trinajstić information content (AvgIpc) is 2.73. The van der Waals surface area contributed by atoms with Crippen LogP contribution >= 0.6 is 0 Å². The van der Waals surface area contributed by atoms with Crippen LogP contribution in [0, 0.1) is 0 Å². The number of hydrogen-bond acceptors (Lipinski definition) is 4. The van der Waals surface area contributed by atoms with Gasteiger partial charge in [0.15, 0.2) is 0 Å². The summed E-state index contributed by atoms with van der Waals surface area (Å²) in [6.45, 7) is 11.0. The molecular weight excluding hydrogens is 336 g/mol. The molecule has 1 atom stereocenters. The molecule has 0 radical (unpaired) electrons. The van der Waals surface area contributed by atoms with Crippen LogP contribution in [0.25, 0.3) is 0 Å². The van der Waals surface area contributed by atoms with Crippen LogP contribution in [0.3, 0.4) is 0 Å². The zero-order chi connectivity index (χ0) is 18.7. The van der Waals surface area contributed by atoms with E-state index in [1.165, 1.54) is 76.8 Å². The van der Waals surface area contributed by atoms with Crippen LogP contribution in [0.15, 0.2) is 24.3 Å². The first-order valence-corrected chi connectivity index (χ1v) is 11.1. The molecule has 4 heteroatoms. The van der Waals surface area contributed by atoms with Gasteiger partial charge < -0.3 is 19.3 Å². The second-order valence-electron chi connectivity index (χ2n) is 8.09. The Labute approximate surface area is 165 Å². The minimum Gasteiger partial charge on any atom is -0.494 e. The summed E-state index contributed by atoms with van der Waals surface area (Å²) in [6, 6.07) is 8.46. The summed E-state index contributed by atoms with van der Waals surface area (Å²) in [4.78, 5) is 5.09. The SMILES string of the molecule is CC(OCCN1CCCCC1)c1ccc(OCCCN2CCCCC2)cc1. The highest BCUT2D eigenvalue weighted by Gasteiger charge is 2.12. The molecule has 0 aromatic heterocycles. The van der Waals surface area contributed by atoms with Gasteiger partial charge in [0.2, 0.25) is 0 Å². The van der Waals surface area contributed by atoms with E-state index in [4.69, 9.17) is 9.47 Å². The molecule has 0 amide bonds. The molecule has 2 heterocycles. The first kappa shape index (κ1) is 20.6. The van der Waals surface area contributed by atoms with Gasteiger partial charge in [-0.2, -0.15) is 0 Å². The van der Waals surface area contributed by atoms with Gasteiger partial charge in [-0.15, -0.1) is 0 Å². The molecule has 0 spiro atoms. The average molecular weight is 375 g/mol. The van der Waals surface area contributed by atoms with Gasteiger partial charge in [0.05, 0.1) is 19.3 Å². The van der Waals surface area contributed by atoms with Gasteiger partial charge in [0.1, 0.15) is 5.75 Å². The van der Waals surface area contributed by atoms with Crippen LogP contribution in [0.1, 0.15) is 63.5 Å². The van der Waals surface area contributed by atoms with E-state index in [1.807, 2.05) is 0 Å². The van der Waals surface area contributed by atoms with Crippen molar-refractivity contribution in [3.8, 4) is 5.75 Å². The third-order valence-electron chi connectivity index (χ3n) is 5.91. The van der Waals surface area contributed by atoms with Crippen molar-refractivity contribution in [2.24, 2.45) is 0 Å². The quantitative estimate of drug-likeness (QED) is 0.563. The summed E-state index contributed by atoms with van der Waals surface area (Å²) in [5.74, 6) is 0.970.